The van der Waals surface area contributed by atoms with Gasteiger partial charge in [0.15, 0.2) is 5.82 Å². The summed E-state index contributed by atoms with van der Waals surface area (Å²) in [6, 6.07) is 1.52. The summed E-state index contributed by atoms with van der Waals surface area (Å²) < 4.78 is 13.7. The molecule has 2 heterocycles. The summed E-state index contributed by atoms with van der Waals surface area (Å²) in [7, 11) is 0. The van der Waals surface area contributed by atoms with Crippen LogP contribution in [0.25, 0.3) is 11.3 Å². The zero-order chi connectivity index (χ0) is 13.3. The fourth-order valence-corrected chi connectivity index (χ4v) is 1.65. The molecule has 0 amide bonds. The minimum atomic E-state index is -0.478. The Hall–Kier alpha value is -2.04. The van der Waals surface area contributed by atoms with E-state index in [9.17, 15) is 9.18 Å². The van der Waals surface area contributed by atoms with Gasteiger partial charge in [-0.1, -0.05) is 13.8 Å². The van der Waals surface area contributed by atoms with Crippen LogP contribution in [-0.2, 0) is 0 Å². The average Bonchev–Trinajstić information content (AvgIpc) is 2.33. The lowest BCUT2D eigenvalue weighted by Crippen LogP contribution is -2.17. The minimum Gasteiger partial charge on any atom is -0.310 e. The topological polar surface area (TPSA) is 58.6 Å². The summed E-state index contributed by atoms with van der Waals surface area (Å²) in [6.45, 7) is 5.46. The van der Waals surface area contributed by atoms with E-state index in [2.05, 4.69) is 15.0 Å². The normalized spacial score (nSPS) is 10.9. The second-order valence-electron chi connectivity index (χ2n) is 4.43. The van der Waals surface area contributed by atoms with Gasteiger partial charge in [0.2, 0.25) is 0 Å². The fraction of sp³-hybridized carbons (Fsp3) is 0.308. The van der Waals surface area contributed by atoms with E-state index in [0.29, 0.717) is 22.6 Å². The first-order chi connectivity index (χ1) is 8.50. The molecule has 0 aliphatic heterocycles. The van der Waals surface area contributed by atoms with Gasteiger partial charge in [-0.15, -0.1) is 0 Å². The van der Waals surface area contributed by atoms with Crippen molar-refractivity contribution >= 4 is 0 Å². The Bertz CT molecular complexity index is 634. The SMILES string of the molecule is Cc1c(-c2ccncc2F)nc(C(C)C)[nH]c1=O. The van der Waals surface area contributed by atoms with E-state index in [-0.39, 0.29) is 11.5 Å². The van der Waals surface area contributed by atoms with Crippen LogP contribution in [0.15, 0.2) is 23.3 Å². The first-order valence-electron chi connectivity index (χ1n) is 5.71. The molecule has 1 N–H and O–H groups in total. The predicted molar refractivity (Wildman–Crippen MR) is 66.9 cm³/mol. The summed E-state index contributed by atoms with van der Waals surface area (Å²) in [5.74, 6) is 0.146. The fourth-order valence-electron chi connectivity index (χ4n) is 1.65. The number of nitrogens with zero attached hydrogens (tertiary/aromatic N) is 2. The van der Waals surface area contributed by atoms with Gasteiger partial charge in [0.25, 0.3) is 5.56 Å². The highest BCUT2D eigenvalue weighted by Crippen LogP contribution is 2.22. The van der Waals surface area contributed by atoms with Crippen LogP contribution < -0.4 is 5.56 Å². The molecule has 0 spiro atoms. The summed E-state index contributed by atoms with van der Waals surface area (Å²) >= 11 is 0. The monoisotopic (exact) mass is 247 g/mol. The molecule has 0 unspecified atom stereocenters. The van der Waals surface area contributed by atoms with Crippen LogP contribution in [-0.4, -0.2) is 15.0 Å². The van der Waals surface area contributed by atoms with E-state index in [1.54, 1.807) is 6.92 Å². The molecule has 5 heteroatoms. The first kappa shape index (κ1) is 12.4. The van der Waals surface area contributed by atoms with E-state index in [1.165, 1.54) is 12.3 Å². The third kappa shape index (κ3) is 2.16. The van der Waals surface area contributed by atoms with Crippen LogP contribution in [0.4, 0.5) is 4.39 Å². The molecule has 0 saturated carbocycles. The van der Waals surface area contributed by atoms with E-state index in [4.69, 9.17) is 0 Å². The second kappa shape index (κ2) is 4.68. The maximum Gasteiger partial charge on any atom is 0.254 e. The van der Waals surface area contributed by atoms with Gasteiger partial charge in [0.1, 0.15) is 5.82 Å². The van der Waals surface area contributed by atoms with Gasteiger partial charge >= 0.3 is 0 Å². The molecule has 0 atom stereocenters. The van der Waals surface area contributed by atoms with Gasteiger partial charge < -0.3 is 4.98 Å². The summed E-state index contributed by atoms with van der Waals surface area (Å²) in [5.41, 5.74) is 0.849. The summed E-state index contributed by atoms with van der Waals surface area (Å²) in [5, 5.41) is 0. The number of aromatic nitrogens is 3. The van der Waals surface area contributed by atoms with Crippen LogP contribution in [0.2, 0.25) is 0 Å². The maximum absolute atomic E-state index is 13.7. The predicted octanol–water partition coefficient (Wildman–Crippen LogP) is 2.40. The van der Waals surface area contributed by atoms with Crippen LogP contribution in [0.1, 0.15) is 31.2 Å². The van der Waals surface area contributed by atoms with Crippen LogP contribution in [0, 0.1) is 12.7 Å². The van der Waals surface area contributed by atoms with Gasteiger partial charge in [-0.2, -0.15) is 0 Å². The number of hydrogen-bond acceptors (Lipinski definition) is 3. The van der Waals surface area contributed by atoms with Crippen molar-refractivity contribution in [1.29, 1.82) is 0 Å². The third-order valence-corrected chi connectivity index (χ3v) is 2.74. The molecule has 0 radical (unpaired) electrons. The Morgan fingerprint density at radius 2 is 2.11 bits per heavy atom. The molecule has 2 aromatic rings. The van der Waals surface area contributed by atoms with Gasteiger partial charge in [-0.25, -0.2) is 9.37 Å². The van der Waals surface area contributed by atoms with Crippen LogP contribution in [0.3, 0.4) is 0 Å². The molecular weight excluding hydrogens is 233 g/mol. The lowest BCUT2D eigenvalue weighted by molar-refractivity contribution is 0.623. The van der Waals surface area contributed by atoms with Crippen molar-refractivity contribution in [2.75, 3.05) is 0 Å². The Kier molecular flexibility index (Phi) is 3.23. The molecule has 4 nitrogen and oxygen atoms in total. The number of rotatable bonds is 2. The lowest BCUT2D eigenvalue weighted by atomic mass is 10.1. The van der Waals surface area contributed by atoms with Crippen molar-refractivity contribution in [3.63, 3.8) is 0 Å². The van der Waals surface area contributed by atoms with Gasteiger partial charge in [0.05, 0.1) is 11.9 Å². The van der Waals surface area contributed by atoms with Crippen molar-refractivity contribution in [2.24, 2.45) is 0 Å². The number of halogens is 1. The van der Waals surface area contributed by atoms with Crippen LogP contribution >= 0.6 is 0 Å². The average molecular weight is 247 g/mol. The molecular formula is C13H14FN3O. The third-order valence-electron chi connectivity index (χ3n) is 2.74. The zero-order valence-electron chi connectivity index (χ0n) is 10.5. The lowest BCUT2D eigenvalue weighted by Gasteiger charge is -2.10. The summed E-state index contributed by atoms with van der Waals surface area (Å²) in [6.07, 6.45) is 2.60. The van der Waals surface area contributed by atoms with Gasteiger partial charge in [0, 0.05) is 23.2 Å². The minimum absolute atomic E-state index is 0.0712. The smallest absolute Gasteiger partial charge is 0.254 e. The molecule has 18 heavy (non-hydrogen) atoms. The quantitative estimate of drug-likeness (QED) is 0.886. The van der Waals surface area contributed by atoms with Crippen molar-refractivity contribution < 1.29 is 4.39 Å². The highest BCUT2D eigenvalue weighted by Gasteiger charge is 2.14. The van der Waals surface area contributed by atoms with E-state index in [0.717, 1.165) is 6.20 Å². The van der Waals surface area contributed by atoms with Crippen molar-refractivity contribution in [2.45, 2.75) is 26.7 Å². The van der Waals surface area contributed by atoms with E-state index < -0.39 is 5.82 Å². The zero-order valence-corrected chi connectivity index (χ0v) is 10.5. The largest absolute Gasteiger partial charge is 0.310 e. The molecule has 2 rings (SSSR count). The number of aromatic amines is 1. The Morgan fingerprint density at radius 3 is 2.72 bits per heavy atom. The summed E-state index contributed by atoms with van der Waals surface area (Å²) in [4.78, 5) is 22.5. The number of pyridine rings is 1. The molecule has 0 aliphatic carbocycles. The van der Waals surface area contributed by atoms with Crippen molar-refractivity contribution in [1.82, 2.24) is 15.0 Å². The molecule has 0 aliphatic rings. The van der Waals surface area contributed by atoms with E-state index >= 15 is 0 Å². The molecule has 2 aromatic heterocycles. The van der Waals surface area contributed by atoms with Crippen LogP contribution in [0.5, 0.6) is 0 Å². The number of H-pyrrole nitrogens is 1. The maximum atomic E-state index is 13.7. The molecule has 94 valence electrons. The van der Waals surface area contributed by atoms with Gasteiger partial charge in [-0.05, 0) is 13.0 Å². The van der Waals surface area contributed by atoms with Crippen molar-refractivity contribution in [3.8, 4) is 11.3 Å². The Balaban J connectivity index is 2.71. The standard InChI is InChI=1S/C13H14FN3O/c1-7(2)12-16-11(8(3)13(18)17-12)9-4-5-15-6-10(9)14/h4-7H,1-3H3,(H,16,17,18). The second-order valence-corrected chi connectivity index (χ2v) is 4.43. The molecule has 0 aromatic carbocycles. The Morgan fingerprint density at radius 1 is 1.39 bits per heavy atom. The van der Waals surface area contributed by atoms with Crippen molar-refractivity contribution in [3.05, 3.63) is 46.0 Å². The molecule has 0 saturated heterocycles. The highest BCUT2D eigenvalue weighted by atomic mass is 19.1. The first-order valence-corrected chi connectivity index (χ1v) is 5.71. The number of hydrogen-bond donors (Lipinski definition) is 1. The highest BCUT2D eigenvalue weighted by molar-refractivity contribution is 5.62. The molecule has 0 bridgehead atoms. The molecule has 0 fully saturated rings. The number of nitrogens with one attached hydrogen (secondary N) is 1. The Labute approximate surface area is 104 Å². The van der Waals surface area contributed by atoms with E-state index in [1.807, 2.05) is 13.8 Å². The van der Waals surface area contributed by atoms with Gasteiger partial charge in [-0.3, -0.25) is 9.78 Å².